The van der Waals surface area contributed by atoms with E-state index in [-0.39, 0.29) is 11.1 Å². The summed E-state index contributed by atoms with van der Waals surface area (Å²) in [4.78, 5) is 24.6. The van der Waals surface area contributed by atoms with Gasteiger partial charge in [-0.25, -0.2) is 4.68 Å². The first-order chi connectivity index (χ1) is 7.25. The number of thioether (sulfide) groups is 1. The van der Waals surface area contributed by atoms with Gasteiger partial charge in [-0.3, -0.25) is 19.6 Å². The van der Waals surface area contributed by atoms with Crippen LogP contribution in [0.2, 0.25) is 0 Å². The Morgan fingerprint density at radius 1 is 1.27 bits per heavy atom. The van der Waals surface area contributed by atoms with Gasteiger partial charge in [-0.1, -0.05) is 0 Å². The number of aromatic nitrogens is 2. The number of hydrogen-bond donors (Lipinski definition) is 1. The molecule has 82 valence electrons. The fraction of sp³-hybridized carbons (Fsp3) is 0.556. The molecule has 6 heteroatoms. The van der Waals surface area contributed by atoms with E-state index in [1.165, 1.54) is 16.8 Å². The quantitative estimate of drug-likeness (QED) is 0.743. The number of rotatable bonds is 2. The number of hydrogen-bond acceptors (Lipinski definition) is 4. The highest BCUT2D eigenvalue weighted by molar-refractivity contribution is 7.99. The third kappa shape index (κ3) is 2.73. The second-order valence-corrected chi connectivity index (χ2v) is 4.67. The molecule has 0 aromatic carbocycles. The first-order valence-electron chi connectivity index (χ1n) is 4.86. The molecular formula is C9H13N3O2S. The summed E-state index contributed by atoms with van der Waals surface area (Å²) in [6, 6.07) is 2.56. The van der Waals surface area contributed by atoms with Crippen molar-refractivity contribution in [1.82, 2.24) is 14.7 Å². The van der Waals surface area contributed by atoms with E-state index >= 15 is 0 Å². The Morgan fingerprint density at radius 3 is 2.73 bits per heavy atom. The molecule has 15 heavy (non-hydrogen) atoms. The van der Waals surface area contributed by atoms with Crippen molar-refractivity contribution in [3.05, 3.63) is 32.8 Å². The predicted molar refractivity (Wildman–Crippen MR) is 60.2 cm³/mol. The SMILES string of the molecule is O=c1ccc(=O)n(CN2CCSCC2)[nH]1. The predicted octanol–water partition coefficient (Wildman–Crippen LogP) is -0.457. The Kier molecular flexibility index (Phi) is 3.27. The van der Waals surface area contributed by atoms with Gasteiger partial charge in [0.1, 0.15) is 0 Å². The van der Waals surface area contributed by atoms with Gasteiger partial charge < -0.3 is 0 Å². The Balaban J connectivity index is 2.12. The largest absolute Gasteiger partial charge is 0.283 e. The summed E-state index contributed by atoms with van der Waals surface area (Å²) in [5.41, 5.74) is -0.395. The summed E-state index contributed by atoms with van der Waals surface area (Å²) in [6.07, 6.45) is 0. The number of nitrogens with zero attached hydrogens (tertiary/aromatic N) is 2. The normalized spacial score (nSPS) is 17.9. The van der Waals surface area contributed by atoms with Gasteiger partial charge in [0, 0.05) is 36.7 Å². The molecule has 5 nitrogen and oxygen atoms in total. The van der Waals surface area contributed by atoms with Crippen LogP contribution in [0.25, 0.3) is 0 Å². The lowest BCUT2D eigenvalue weighted by Crippen LogP contribution is -2.40. The van der Waals surface area contributed by atoms with E-state index in [4.69, 9.17) is 0 Å². The van der Waals surface area contributed by atoms with Gasteiger partial charge in [-0.05, 0) is 0 Å². The van der Waals surface area contributed by atoms with Crippen molar-refractivity contribution in [1.29, 1.82) is 0 Å². The van der Waals surface area contributed by atoms with Gasteiger partial charge in [-0.2, -0.15) is 11.8 Å². The summed E-state index contributed by atoms with van der Waals surface area (Å²) < 4.78 is 1.36. The van der Waals surface area contributed by atoms with Crippen LogP contribution < -0.4 is 11.1 Å². The highest BCUT2D eigenvalue weighted by atomic mass is 32.2. The number of nitrogens with one attached hydrogen (secondary N) is 1. The second kappa shape index (κ2) is 4.67. The topological polar surface area (TPSA) is 58.1 Å². The Labute approximate surface area is 91.1 Å². The van der Waals surface area contributed by atoms with Crippen LogP contribution in [-0.4, -0.2) is 39.3 Å². The van der Waals surface area contributed by atoms with Crippen molar-refractivity contribution in [2.45, 2.75) is 6.67 Å². The molecule has 0 bridgehead atoms. The molecule has 2 rings (SSSR count). The Bertz CT molecular complexity index is 433. The zero-order valence-corrected chi connectivity index (χ0v) is 9.13. The summed E-state index contributed by atoms with van der Waals surface area (Å²) >= 11 is 1.92. The Hall–Kier alpha value is -1.01. The van der Waals surface area contributed by atoms with Crippen molar-refractivity contribution < 1.29 is 0 Å². The van der Waals surface area contributed by atoms with E-state index in [1.807, 2.05) is 11.8 Å². The van der Waals surface area contributed by atoms with Gasteiger partial charge in [0.2, 0.25) is 0 Å². The lowest BCUT2D eigenvalue weighted by molar-refractivity contribution is 0.221. The molecule has 2 heterocycles. The van der Waals surface area contributed by atoms with Crippen LogP contribution in [0.3, 0.4) is 0 Å². The molecule has 0 unspecified atom stereocenters. The molecule has 1 fully saturated rings. The van der Waals surface area contributed by atoms with Gasteiger partial charge in [0.05, 0.1) is 6.67 Å². The minimum Gasteiger partial charge on any atom is -0.283 e. The smallest absolute Gasteiger partial charge is 0.266 e. The van der Waals surface area contributed by atoms with Gasteiger partial charge in [0.25, 0.3) is 11.1 Å². The van der Waals surface area contributed by atoms with Crippen LogP contribution in [0.5, 0.6) is 0 Å². The van der Waals surface area contributed by atoms with E-state index in [0.29, 0.717) is 6.67 Å². The van der Waals surface area contributed by atoms with E-state index in [1.54, 1.807) is 0 Å². The minimum atomic E-state index is -0.235. The van der Waals surface area contributed by atoms with E-state index in [9.17, 15) is 9.59 Å². The van der Waals surface area contributed by atoms with Crippen molar-refractivity contribution in [2.24, 2.45) is 0 Å². The molecule has 1 N–H and O–H groups in total. The second-order valence-electron chi connectivity index (χ2n) is 3.45. The average molecular weight is 227 g/mol. The highest BCUT2D eigenvalue weighted by Crippen LogP contribution is 2.08. The molecule has 1 aliphatic rings. The van der Waals surface area contributed by atoms with Crippen LogP contribution in [0.4, 0.5) is 0 Å². The van der Waals surface area contributed by atoms with Crippen LogP contribution in [0.1, 0.15) is 0 Å². The maximum atomic E-state index is 11.4. The maximum absolute atomic E-state index is 11.4. The molecule has 0 saturated carbocycles. The fourth-order valence-electron chi connectivity index (χ4n) is 1.51. The van der Waals surface area contributed by atoms with Crippen LogP contribution in [0, 0.1) is 0 Å². The van der Waals surface area contributed by atoms with Crippen molar-refractivity contribution in [3.63, 3.8) is 0 Å². The zero-order chi connectivity index (χ0) is 10.7. The third-order valence-electron chi connectivity index (χ3n) is 2.33. The van der Waals surface area contributed by atoms with Gasteiger partial charge >= 0.3 is 0 Å². The molecule has 0 radical (unpaired) electrons. The van der Waals surface area contributed by atoms with Crippen molar-refractivity contribution in [3.8, 4) is 0 Å². The first-order valence-corrected chi connectivity index (χ1v) is 6.01. The van der Waals surface area contributed by atoms with Gasteiger partial charge in [0.15, 0.2) is 0 Å². The average Bonchev–Trinajstić information content (AvgIpc) is 2.25. The Morgan fingerprint density at radius 2 is 2.00 bits per heavy atom. The van der Waals surface area contributed by atoms with Crippen LogP contribution >= 0.6 is 11.8 Å². The fourth-order valence-corrected chi connectivity index (χ4v) is 2.49. The number of aromatic amines is 1. The van der Waals surface area contributed by atoms with E-state index < -0.39 is 0 Å². The summed E-state index contributed by atoms with van der Waals surface area (Å²) in [5.74, 6) is 2.18. The van der Waals surface area contributed by atoms with Crippen LogP contribution in [0.15, 0.2) is 21.7 Å². The monoisotopic (exact) mass is 227 g/mol. The maximum Gasteiger partial charge on any atom is 0.266 e. The van der Waals surface area contributed by atoms with Gasteiger partial charge in [-0.15, -0.1) is 0 Å². The van der Waals surface area contributed by atoms with Crippen LogP contribution in [-0.2, 0) is 6.67 Å². The molecule has 0 atom stereocenters. The standard InChI is InChI=1S/C9H13N3O2S/c13-8-1-2-9(14)12(10-8)7-11-3-5-15-6-4-11/h1-2H,3-7H2,(H,10,13). The molecule has 0 amide bonds. The van der Waals surface area contributed by atoms with Crippen molar-refractivity contribution >= 4 is 11.8 Å². The highest BCUT2D eigenvalue weighted by Gasteiger charge is 2.11. The summed E-state index contributed by atoms with van der Waals surface area (Å²) in [7, 11) is 0. The van der Waals surface area contributed by atoms with Crippen molar-refractivity contribution in [2.75, 3.05) is 24.6 Å². The molecule has 0 aliphatic carbocycles. The molecule has 1 saturated heterocycles. The lowest BCUT2D eigenvalue weighted by Gasteiger charge is -2.26. The molecule has 1 aromatic rings. The van der Waals surface area contributed by atoms with E-state index in [2.05, 4.69) is 10.00 Å². The molecular weight excluding hydrogens is 214 g/mol. The third-order valence-corrected chi connectivity index (χ3v) is 3.28. The molecule has 0 spiro atoms. The summed E-state index contributed by atoms with van der Waals surface area (Å²) in [6.45, 7) is 2.41. The first kappa shape index (κ1) is 10.5. The minimum absolute atomic E-state index is 0.159. The molecule has 1 aliphatic heterocycles. The zero-order valence-electron chi connectivity index (χ0n) is 8.31. The van der Waals surface area contributed by atoms with E-state index in [0.717, 1.165) is 24.6 Å². The lowest BCUT2D eigenvalue weighted by atomic mass is 10.5. The number of H-pyrrole nitrogens is 1. The summed E-state index contributed by atoms with van der Waals surface area (Å²) in [5, 5.41) is 2.52. The molecule has 1 aromatic heterocycles.